The third-order valence-corrected chi connectivity index (χ3v) is 7.02. The van der Waals surface area contributed by atoms with Crippen molar-refractivity contribution in [1.82, 2.24) is 4.31 Å². The van der Waals surface area contributed by atoms with Crippen molar-refractivity contribution < 1.29 is 8.42 Å². The number of piperidine rings is 1. The molecule has 2 aromatic carbocycles. The molecule has 0 bridgehead atoms. The molecule has 0 spiro atoms. The molecule has 2 aromatic rings. The van der Waals surface area contributed by atoms with E-state index in [2.05, 4.69) is 46.9 Å². The highest BCUT2D eigenvalue weighted by molar-refractivity contribution is 14.1. The van der Waals surface area contributed by atoms with E-state index >= 15 is 0 Å². The SMILES string of the molecule is O=S(=O)(c1ccc(I)cc1)N1CCC(Cc2ccccc2)CC1. The zero-order valence-electron chi connectivity index (χ0n) is 12.9. The van der Waals surface area contributed by atoms with Crippen molar-refractivity contribution in [2.45, 2.75) is 24.2 Å². The van der Waals surface area contributed by atoms with Gasteiger partial charge in [0.2, 0.25) is 10.0 Å². The molecule has 0 N–H and O–H groups in total. The van der Waals surface area contributed by atoms with Crippen molar-refractivity contribution in [1.29, 1.82) is 0 Å². The molecule has 0 aliphatic carbocycles. The zero-order chi connectivity index (χ0) is 16.3. The van der Waals surface area contributed by atoms with E-state index in [1.165, 1.54) is 5.56 Å². The van der Waals surface area contributed by atoms with Crippen LogP contribution in [-0.4, -0.2) is 25.8 Å². The fraction of sp³-hybridized carbons (Fsp3) is 0.333. The quantitative estimate of drug-likeness (QED) is 0.675. The molecule has 122 valence electrons. The summed E-state index contributed by atoms with van der Waals surface area (Å²) in [5.74, 6) is 0.570. The predicted molar refractivity (Wildman–Crippen MR) is 101 cm³/mol. The topological polar surface area (TPSA) is 37.4 Å². The Hall–Kier alpha value is -0.920. The molecule has 5 heteroatoms. The average molecular weight is 441 g/mol. The Morgan fingerprint density at radius 1 is 0.957 bits per heavy atom. The van der Waals surface area contributed by atoms with Gasteiger partial charge in [-0.25, -0.2) is 8.42 Å². The number of nitrogens with zero attached hydrogens (tertiary/aromatic N) is 1. The highest BCUT2D eigenvalue weighted by Gasteiger charge is 2.29. The minimum absolute atomic E-state index is 0.402. The van der Waals surface area contributed by atoms with E-state index < -0.39 is 10.0 Å². The standard InChI is InChI=1S/C18H20INO2S/c19-17-6-8-18(9-7-17)23(21,22)20-12-10-16(11-13-20)14-15-4-2-1-3-5-15/h1-9,16H,10-14H2. The molecule has 0 amide bonds. The van der Waals surface area contributed by atoms with Crippen molar-refractivity contribution in [3.05, 3.63) is 63.7 Å². The van der Waals surface area contributed by atoms with Crippen LogP contribution in [0.3, 0.4) is 0 Å². The van der Waals surface area contributed by atoms with Gasteiger partial charge in [-0.05, 0) is 77.6 Å². The second kappa shape index (κ2) is 7.32. The molecule has 0 aromatic heterocycles. The summed E-state index contributed by atoms with van der Waals surface area (Å²) in [6, 6.07) is 17.5. The third kappa shape index (κ3) is 4.14. The summed E-state index contributed by atoms with van der Waals surface area (Å²) in [7, 11) is -3.35. The number of hydrogen-bond acceptors (Lipinski definition) is 2. The van der Waals surface area contributed by atoms with Crippen LogP contribution in [0, 0.1) is 9.49 Å². The first kappa shape index (κ1) is 16.9. The van der Waals surface area contributed by atoms with Gasteiger partial charge in [-0.1, -0.05) is 30.3 Å². The van der Waals surface area contributed by atoms with E-state index in [-0.39, 0.29) is 0 Å². The minimum atomic E-state index is -3.35. The van der Waals surface area contributed by atoms with Crippen LogP contribution in [0.1, 0.15) is 18.4 Å². The van der Waals surface area contributed by atoms with Crippen molar-refractivity contribution in [3.8, 4) is 0 Å². The van der Waals surface area contributed by atoms with Crippen LogP contribution in [-0.2, 0) is 16.4 Å². The molecule has 0 atom stereocenters. The average Bonchev–Trinajstić information content (AvgIpc) is 2.57. The maximum Gasteiger partial charge on any atom is 0.243 e. The van der Waals surface area contributed by atoms with Crippen molar-refractivity contribution >= 4 is 32.6 Å². The molecular formula is C18H20INO2S. The maximum absolute atomic E-state index is 12.7. The molecule has 1 heterocycles. The summed E-state index contributed by atoms with van der Waals surface area (Å²) in [5, 5.41) is 0. The fourth-order valence-corrected chi connectivity index (χ4v) is 4.89. The lowest BCUT2D eigenvalue weighted by Crippen LogP contribution is -2.38. The number of hydrogen-bond donors (Lipinski definition) is 0. The predicted octanol–water partition coefficient (Wildman–Crippen LogP) is 3.93. The number of benzene rings is 2. The van der Waals surface area contributed by atoms with Crippen LogP contribution >= 0.6 is 22.6 Å². The van der Waals surface area contributed by atoms with Gasteiger partial charge in [0.25, 0.3) is 0 Å². The van der Waals surface area contributed by atoms with Gasteiger partial charge in [0, 0.05) is 16.7 Å². The van der Waals surface area contributed by atoms with E-state index in [1.807, 2.05) is 18.2 Å². The Morgan fingerprint density at radius 3 is 2.17 bits per heavy atom. The van der Waals surface area contributed by atoms with Gasteiger partial charge in [0.15, 0.2) is 0 Å². The maximum atomic E-state index is 12.7. The molecule has 3 nitrogen and oxygen atoms in total. The molecule has 1 aliphatic rings. The molecule has 1 aliphatic heterocycles. The van der Waals surface area contributed by atoms with E-state index in [0.29, 0.717) is 23.9 Å². The molecule has 23 heavy (non-hydrogen) atoms. The summed E-state index contributed by atoms with van der Waals surface area (Å²) >= 11 is 2.18. The first-order valence-corrected chi connectivity index (χ1v) is 10.4. The van der Waals surface area contributed by atoms with Crippen LogP contribution in [0.15, 0.2) is 59.5 Å². The summed E-state index contributed by atoms with van der Waals surface area (Å²) in [6.45, 7) is 1.23. The van der Waals surface area contributed by atoms with Gasteiger partial charge in [-0.15, -0.1) is 0 Å². The molecule has 1 saturated heterocycles. The normalized spacial score (nSPS) is 17.3. The minimum Gasteiger partial charge on any atom is -0.207 e. The van der Waals surface area contributed by atoms with Crippen LogP contribution < -0.4 is 0 Å². The Morgan fingerprint density at radius 2 is 1.57 bits per heavy atom. The molecule has 3 rings (SSSR count). The lowest BCUT2D eigenvalue weighted by Gasteiger charge is -2.31. The molecule has 0 radical (unpaired) electrons. The highest BCUT2D eigenvalue weighted by atomic mass is 127. The Labute approximate surface area is 151 Å². The lowest BCUT2D eigenvalue weighted by molar-refractivity contribution is 0.273. The second-order valence-electron chi connectivity index (χ2n) is 5.99. The number of sulfonamides is 1. The van der Waals surface area contributed by atoms with Crippen molar-refractivity contribution in [2.75, 3.05) is 13.1 Å². The summed E-state index contributed by atoms with van der Waals surface area (Å²) in [4.78, 5) is 0.402. The first-order chi connectivity index (χ1) is 11.1. The van der Waals surface area contributed by atoms with E-state index in [4.69, 9.17) is 0 Å². The molecule has 0 unspecified atom stereocenters. The fourth-order valence-electron chi connectivity index (χ4n) is 3.06. The van der Waals surface area contributed by atoms with Crippen LogP contribution in [0.5, 0.6) is 0 Å². The second-order valence-corrected chi connectivity index (χ2v) is 9.17. The Kier molecular flexibility index (Phi) is 5.38. The first-order valence-electron chi connectivity index (χ1n) is 7.85. The van der Waals surface area contributed by atoms with E-state index in [9.17, 15) is 8.42 Å². The monoisotopic (exact) mass is 441 g/mol. The van der Waals surface area contributed by atoms with Gasteiger partial charge in [0.05, 0.1) is 4.90 Å². The number of halogens is 1. The van der Waals surface area contributed by atoms with Crippen LogP contribution in [0.2, 0.25) is 0 Å². The van der Waals surface area contributed by atoms with Gasteiger partial charge < -0.3 is 0 Å². The summed E-state index contributed by atoms with van der Waals surface area (Å²) in [6.07, 6.45) is 2.90. The summed E-state index contributed by atoms with van der Waals surface area (Å²) < 4.78 is 28.1. The Bertz CT molecular complexity index is 736. The van der Waals surface area contributed by atoms with Gasteiger partial charge in [-0.3, -0.25) is 0 Å². The largest absolute Gasteiger partial charge is 0.243 e. The molecular weight excluding hydrogens is 421 g/mol. The molecule has 1 fully saturated rings. The van der Waals surface area contributed by atoms with Gasteiger partial charge in [0.1, 0.15) is 0 Å². The lowest BCUT2D eigenvalue weighted by atomic mass is 9.91. The van der Waals surface area contributed by atoms with Gasteiger partial charge >= 0.3 is 0 Å². The highest BCUT2D eigenvalue weighted by Crippen LogP contribution is 2.26. The van der Waals surface area contributed by atoms with E-state index in [1.54, 1.807) is 16.4 Å². The van der Waals surface area contributed by atoms with E-state index in [0.717, 1.165) is 22.8 Å². The van der Waals surface area contributed by atoms with Crippen LogP contribution in [0.25, 0.3) is 0 Å². The Balaban J connectivity index is 1.63. The third-order valence-electron chi connectivity index (χ3n) is 4.39. The van der Waals surface area contributed by atoms with Gasteiger partial charge in [-0.2, -0.15) is 4.31 Å². The van der Waals surface area contributed by atoms with Crippen molar-refractivity contribution in [3.63, 3.8) is 0 Å². The van der Waals surface area contributed by atoms with Crippen LogP contribution in [0.4, 0.5) is 0 Å². The smallest absolute Gasteiger partial charge is 0.207 e. The zero-order valence-corrected chi connectivity index (χ0v) is 15.8. The number of rotatable bonds is 4. The summed E-state index contributed by atoms with van der Waals surface area (Å²) in [5.41, 5.74) is 1.34. The van der Waals surface area contributed by atoms with Crippen molar-refractivity contribution in [2.24, 2.45) is 5.92 Å². The molecule has 0 saturated carbocycles.